The van der Waals surface area contributed by atoms with Crippen LogP contribution in [0.3, 0.4) is 0 Å². The van der Waals surface area contributed by atoms with E-state index in [1.165, 1.54) is 0 Å². The van der Waals surface area contributed by atoms with E-state index in [1.54, 1.807) is 7.11 Å². The lowest BCUT2D eigenvalue weighted by Crippen LogP contribution is -2.38. The molecule has 0 aromatic heterocycles. The zero-order chi connectivity index (χ0) is 20.4. The highest BCUT2D eigenvalue weighted by Gasteiger charge is 2.46. The summed E-state index contributed by atoms with van der Waals surface area (Å²) in [6.07, 6.45) is 1.53. The lowest BCUT2D eigenvalue weighted by molar-refractivity contribution is -0.0740. The molecule has 4 nitrogen and oxygen atoms in total. The van der Waals surface area contributed by atoms with Gasteiger partial charge in [0.1, 0.15) is 17.5 Å². The summed E-state index contributed by atoms with van der Waals surface area (Å²) in [6.45, 7) is 1.15. The summed E-state index contributed by atoms with van der Waals surface area (Å²) in [7, 11) is 1.68. The Bertz CT molecular complexity index is 916. The van der Waals surface area contributed by atoms with Crippen LogP contribution in [0.25, 0.3) is 0 Å². The Morgan fingerprint density at radius 3 is 1.97 bits per heavy atom. The third-order valence-electron chi connectivity index (χ3n) is 6.02. The van der Waals surface area contributed by atoms with Gasteiger partial charge in [0.2, 0.25) is 0 Å². The molecule has 0 spiro atoms. The number of ether oxygens (including phenoxy) is 4. The predicted octanol–water partition coefficient (Wildman–Crippen LogP) is 4.56. The fraction of sp³-hybridized carbons (Fsp3) is 0.308. The molecule has 2 heterocycles. The molecule has 0 saturated carbocycles. The van der Waals surface area contributed by atoms with E-state index in [0.29, 0.717) is 19.3 Å². The molecule has 3 aromatic rings. The molecule has 2 aliphatic rings. The third kappa shape index (κ3) is 3.63. The standard InChI is InChI=1S/C26H26O4/c1-27-22-14-12-21(13-15-22)26(19-8-4-2-5-9-19,20-10-6-3-7-11-20)29-17-23-16-24-25(30-24)18-28-23/h2-15,23-25H,16-18H2,1H3/t23-,24+,25-/m0/s1. The van der Waals surface area contributed by atoms with Gasteiger partial charge in [-0.3, -0.25) is 0 Å². The molecule has 0 aliphatic carbocycles. The van der Waals surface area contributed by atoms with Crippen LogP contribution in [-0.2, 0) is 19.8 Å². The van der Waals surface area contributed by atoms with Crippen molar-refractivity contribution in [3.8, 4) is 5.75 Å². The summed E-state index contributed by atoms with van der Waals surface area (Å²) >= 11 is 0. The van der Waals surface area contributed by atoms with E-state index in [4.69, 9.17) is 18.9 Å². The van der Waals surface area contributed by atoms with Gasteiger partial charge in [-0.15, -0.1) is 0 Å². The molecule has 3 aromatic carbocycles. The number of methoxy groups -OCH3 is 1. The predicted molar refractivity (Wildman–Crippen MR) is 115 cm³/mol. The van der Waals surface area contributed by atoms with Gasteiger partial charge in [-0.05, 0) is 28.8 Å². The quantitative estimate of drug-likeness (QED) is 0.429. The van der Waals surface area contributed by atoms with Crippen molar-refractivity contribution in [2.45, 2.75) is 30.3 Å². The molecular weight excluding hydrogens is 376 g/mol. The largest absolute Gasteiger partial charge is 0.497 e. The van der Waals surface area contributed by atoms with Crippen LogP contribution in [0, 0.1) is 0 Å². The van der Waals surface area contributed by atoms with Crippen LogP contribution in [0.15, 0.2) is 84.9 Å². The highest BCUT2D eigenvalue weighted by atomic mass is 16.6. The zero-order valence-corrected chi connectivity index (χ0v) is 17.1. The van der Waals surface area contributed by atoms with Crippen LogP contribution in [0.5, 0.6) is 5.75 Å². The van der Waals surface area contributed by atoms with Gasteiger partial charge in [-0.25, -0.2) is 0 Å². The van der Waals surface area contributed by atoms with Crippen LogP contribution < -0.4 is 4.74 Å². The number of benzene rings is 3. The highest BCUT2D eigenvalue weighted by Crippen LogP contribution is 2.42. The first-order valence-electron chi connectivity index (χ1n) is 10.5. The van der Waals surface area contributed by atoms with Gasteiger partial charge in [0, 0.05) is 6.42 Å². The average molecular weight is 402 g/mol. The van der Waals surface area contributed by atoms with E-state index < -0.39 is 5.60 Å². The summed E-state index contributed by atoms with van der Waals surface area (Å²) in [5.41, 5.74) is 2.46. The van der Waals surface area contributed by atoms with Crippen molar-refractivity contribution in [2.24, 2.45) is 0 Å². The normalized spacial score (nSPS) is 22.9. The van der Waals surface area contributed by atoms with Crippen molar-refractivity contribution < 1.29 is 18.9 Å². The van der Waals surface area contributed by atoms with E-state index in [1.807, 2.05) is 24.3 Å². The molecule has 2 saturated heterocycles. The average Bonchev–Trinajstić information content (AvgIpc) is 3.60. The molecular formula is C26H26O4. The fourth-order valence-electron chi connectivity index (χ4n) is 4.35. The Morgan fingerprint density at radius 2 is 1.40 bits per heavy atom. The molecule has 0 bridgehead atoms. The second-order valence-electron chi connectivity index (χ2n) is 7.86. The maximum absolute atomic E-state index is 6.85. The minimum absolute atomic E-state index is 0.0267. The van der Waals surface area contributed by atoms with Crippen molar-refractivity contribution in [2.75, 3.05) is 20.3 Å². The van der Waals surface area contributed by atoms with Gasteiger partial charge < -0.3 is 18.9 Å². The Morgan fingerprint density at radius 1 is 0.800 bits per heavy atom. The molecule has 5 rings (SSSR count). The third-order valence-corrected chi connectivity index (χ3v) is 6.02. The maximum atomic E-state index is 6.85. The van der Waals surface area contributed by atoms with Crippen molar-refractivity contribution in [3.63, 3.8) is 0 Å². The van der Waals surface area contributed by atoms with Gasteiger partial charge in [0.05, 0.1) is 32.5 Å². The number of hydrogen-bond donors (Lipinski definition) is 0. The Labute approximate surface area is 177 Å². The summed E-state index contributed by atoms with van der Waals surface area (Å²) in [4.78, 5) is 0. The van der Waals surface area contributed by atoms with Gasteiger partial charge in [0.15, 0.2) is 0 Å². The fourth-order valence-corrected chi connectivity index (χ4v) is 4.35. The first-order valence-corrected chi connectivity index (χ1v) is 10.5. The monoisotopic (exact) mass is 402 g/mol. The van der Waals surface area contributed by atoms with E-state index >= 15 is 0 Å². The molecule has 0 N–H and O–H groups in total. The van der Waals surface area contributed by atoms with E-state index in [2.05, 4.69) is 60.7 Å². The molecule has 4 heteroatoms. The summed E-state index contributed by atoms with van der Waals surface area (Å²) in [6, 6.07) is 28.9. The molecule has 154 valence electrons. The Kier molecular flexibility index (Phi) is 5.30. The zero-order valence-electron chi connectivity index (χ0n) is 17.1. The molecule has 2 fully saturated rings. The van der Waals surface area contributed by atoms with E-state index in [-0.39, 0.29) is 12.2 Å². The Hall–Kier alpha value is -2.66. The minimum Gasteiger partial charge on any atom is -0.497 e. The molecule has 0 unspecified atom stereocenters. The van der Waals surface area contributed by atoms with Crippen molar-refractivity contribution in [1.82, 2.24) is 0 Å². The van der Waals surface area contributed by atoms with Crippen LogP contribution in [-0.4, -0.2) is 38.6 Å². The molecule has 30 heavy (non-hydrogen) atoms. The first-order chi connectivity index (χ1) is 14.8. The lowest BCUT2D eigenvalue weighted by atomic mass is 9.80. The SMILES string of the molecule is COc1ccc(C(OC[C@@H]2C[C@H]3O[C@H]3CO2)(c2ccccc2)c2ccccc2)cc1. The molecule has 0 radical (unpaired) electrons. The second kappa shape index (κ2) is 8.23. The number of fused-ring (bicyclic) bond motifs is 1. The molecule has 3 atom stereocenters. The van der Waals surface area contributed by atoms with Gasteiger partial charge >= 0.3 is 0 Å². The summed E-state index contributed by atoms with van der Waals surface area (Å²) < 4.78 is 23.9. The smallest absolute Gasteiger partial charge is 0.143 e. The van der Waals surface area contributed by atoms with Crippen LogP contribution in [0.4, 0.5) is 0 Å². The van der Waals surface area contributed by atoms with Crippen molar-refractivity contribution in [3.05, 3.63) is 102 Å². The van der Waals surface area contributed by atoms with Crippen LogP contribution in [0.1, 0.15) is 23.1 Å². The topological polar surface area (TPSA) is 40.2 Å². The maximum Gasteiger partial charge on any atom is 0.143 e. The van der Waals surface area contributed by atoms with Crippen LogP contribution in [0.2, 0.25) is 0 Å². The van der Waals surface area contributed by atoms with E-state index in [0.717, 1.165) is 28.9 Å². The van der Waals surface area contributed by atoms with Gasteiger partial charge in [-0.1, -0.05) is 72.8 Å². The molecule has 0 amide bonds. The summed E-state index contributed by atoms with van der Waals surface area (Å²) in [5.74, 6) is 0.821. The Balaban J connectivity index is 1.58. The number of rotatable bonds is 7. The van der Waals surface area contributed by atoms with Gasteiger partial charge in [-0.2, -0.15) is 0 Å². The van der Waals surface area contributed by atoms with Gasteiger partial charge in [0.25, 0.3) is 0 Å². The molecule has 2 aliphatic heterocycles. The summed E-state index contributed by atoms with van der Waals surface area (Å²) in [5, 5.41) is 0. The second-order valence-corrected chi connectivity index (χ2v) is 7.86. The number of epoxide rings is 1. The minimum atomic E-state index is -0.751. The van der Waals surface area contributed by atoms with E-state index in [9.17, 15) is 0 Å². The lowest BCUT2D eigenvalue weighted by Gasteiger charge is -2.37. The van der Waals surface area contributed by atoms with Crippen molar-refractivity contribution >= 4 is 0 Å². The number of hydrogen-bond acceptors (Lipinski definition) is 4. The van der Waals surface area contributed by atoms with Crippen LogP contribution >= 0.6 is 0 Å². The first kappa shape index (κ1) is 19.3. The van der Waals surface area contributed by atoms with Crippen molar-refractivity contribution in [1.29, 1.82) is 0 Å². The highest BCUT2D eigenvalue weighted by molar-refractivity contribution is 5.48.